The Hall–Kier alpha value is -2.49. The molecule has 3 aromatic rings. The van der Waals surface area contributed by atoms with Crippen molar-refractivity contribution in [3.63, 3.8) is 0 Å². The fourth-order valence-electron chi connectivity index (χ4n) is 2.87. The average molecular weight is 265 g/mol. The predicted octanol–water partition coefficient (Wildman–Crippen LogP) is 2.97. The maximum absolute atomic E-state index is 6.10. The summed E-state index contributed by atoms with van der Waals surface area (Å²) < 4.78 is 5.79. The van der Waals surface area contributed by atoms with Crippen molar-refractivity contribution in [1.82, 2.24) is 4.98 Å². The maximum Gasteiger partial charge on any atom is 0.215 e. The molecule has 4 heteroatoms. The quantitative estimate of drug-likeness (QED) is 0.724. The van der Waals surface area contributed by atoms with E-state index in [1.165, 1.54) is 5.56 Å². The highest BCUT2D eigenvalue weighted by Crippen LogP contribution is 2.34. The number of nitrogens with zero attached hydrogens (tertiary/aromatic N) is 2. The zero-order chi connectivity index (χ0) is 13.5. The number of benzene rings is 2. The van der Waals surface area contributed by atoms with Crippen LogP contribution in [0.2, 0.25) is 0 Å². The third-order valence-electron chi connectivity index (χ3n) is 3.78. The lowest BCUT2D eigenvalue weighted by Gasteiger charge is -2.18. The summed E-state index contributed by atoms with van der Waals surface area (Å²) in [6, 6.07) is 13.9. The molecule has 20 heavy (non-hydrogen) atoms. The smallest absolute Gasteiger partial charge is 0.215 e. The third kappa shape index (κ3) is 1.72. The van der Waals surface area contributed by atoms with Crippen molar-refractivity contribution in [1.29, 1.82) is 0 Å². The van der Waals surface area contributed by atoms with E-state index in [9.17, 15) is 0 Å². The van der Waals surface area contributed by atoms with Gasteiger partial charge in [-0.2, -0.15) is 0 Å². The summed E-state index contributed by atoms with van der Waals surface area (Å²) in [4.78, 5) is 6.78. The van der Waals surface area contributed by atoms with Crippen molar-refractivity contribution in [2.45, 2.75) is 13.0 Å². The van der Waals surface area contributed by atoms with E-state index < -0.39 is 0 Å². The van der Waals surface area contributed by atoms with Gasteiger partial charge in [-0.3, -0.25) is 0 Å². The second-order valence-electron chi connectivity index (χ2n) is 5.10. The van der Waals surface area contributed by atoms with Crippen LogP contribution in [0.25, 0.3) is 11.1 Å². The number of fused-ring (bicyclic) bond motifs is 2. The highest BCUT2D eigenvalue weighted by atomic mass is 16.3. The molecule has 2 aromatic carbocycles. The van der Waals surface area contributed by atoms with Crippen molar-refractivity contribution in [3.8, 4) is 0 Å². The summed E-state index contributed by atoms with van der Waals surface area (Å²) in [6.07, 6.45) is 1.03. The summed E-state index contributed by atoms with van der Waals surface area (Å²) in [5.74, 6) is 0.738. The first-order valence-corrected chi connectivity index (χ1v) is 6.78. The Kier molecular flexibility index (Phi) is 2.42. The van der Waals surface area contributed by atoms with Crippen LogP contribution in [0.1, 0.15) is 11.5 Å². The molecule has 4 rings (SSSR count). The highest BCUT2D eigenvalue weighted by Gasteiger charge is 2.22. The molecule has 1 aliphatic rings. The number of rotatable bonds is 2. The lowest BCUT2D eigenvalue weighted by atomic mass is 10.1. The molecule has 0 bridgehead atoms. The normalized spacial score (nSPS) is 13.9. The van der Waals surface area contributed by atoms with Crippen molar-refractivity contribution in [2.24, 2.45) is 0 Å². The van der Waals surface area contributed by atoms with Crippen LogP contribution < -0.4 is 10.6 Å². The predicted molar refractivity (Wildman–Crippen MR) is 79.6 cm³/mol. The SMILES string of the molecule is Nc1cccc2c1N(Cc1nc3ccccc3o1)CC2. The van der Waals surface area contributed by atoms with Crippen LogP contribution >= 0.6 is 0 Å². The number of anilines is 2. The molecule has 2 N–H and O–H groups in total. The molecular formula is C16H15N3O. The van der Waals surface area contributed by atoms with E-state index in [2.05, 4.69) is 16.0 Å². The van der Waals surface area contributed by atoms with Gasteiger partial charge < -0.3 is 15.1 Å². The second-order valence-corrected chi connectivity index (χ2v) is 5.10. The summed E-state index contributed by atoms with van der Waals surface area (Å²) in [7, 11) is 0. The van der Waals surface area contributed by atoms with Crippen LogP contribution in [-0.2, 0) is 13.0 Å². The van der Waals surface area contributed by atoms with Gasteiger partial charge in [-0.05, 0) is 30.2 Å². The Morgan fingerprint density at radius 3 is 2.95 bits per heavy atom. The maximum atomic E-state index is 6.10. The minimum absolute atomic E-state index is 0.663. The van der Waals surface area contributed by atoms with Crippen LogP contribution in [0, 0.1) is 0 Å². The number of oxazole rings is 1. The molecule has 0 spiro atoms. The Bertz CT molecular complexity index is 745. The number of nitrogen functional groups attached to an aromatic ring is 1. The molecule has 1 aliphatic heterocycles. The van der Waals surface area contributed by atoms with Crippen molar-refractivity contribution < 1.29 is 4.42 Å². The number of para-hydroxylation sites is 3. The molecule has 0 saturated heterocycles. The minimum Gasteiger partial charge on any atom is -0.439 e. The molecular weight excluding hydrogens is 250 g/mol. The van der Waals surface area contributed by atoms with E-state index in [1.54, 1.807) is 0 Å². The molecule has 2 heterocycles. The number of hydrogen-bond acceptors (Lipinski definition) is 4. The standard InChI is InChI=1S/C16H15N3O/c17-12-5-3-4-11-8-9-19(16(11)12)10-15-18-13-6-1-2-7-14(13)20-15/h1-7H,8-10,17H2. The van der Waals surface area contributed by atoms with Crippen molar-refractivity contribution in [2.75, 3.05) is 17.2 Å². The molecule has 4 nitrogen and oxygen atoms in total. The Morgan fingerprint density at radius 1 is 1.15 bits per heavy atom. The molecule has 0 fully saturated rings. The van der Waals surface area contributed by atoms with Crippen LogP contribution in [0.3, 0.4) is 0 Å². The molecule has 0 unspecified atom stereocenters. The molecule has 0 amide bonds. The monoisotopic (exact) mass is 265 g/mol. The van der Waals surface area contributed by atoms with Crippen molar-refractivity contribution >= 4 is 22.5 Å². The van der Waals surface area contributed by atoms with E-state index in [4.69, 9.17) is 10.2 Å². The van der Waals surface area contributed by atoms with Gasteiger partial charge in [0.25, 0.3) is 0 Å². The van der Waals surface area contributed by atoms with Crippen LogP contribution in [0.5, 0.6) is 0 Å². The van der Waals surface area contributed by atoms with Crippen LogP contribution in [0.15, 0.2) is 46.9 Å². The largest absolute Gasteiger partial charge is 0.439 e. The van der Waals surface area contributed by atoms with Gasteiger partial charge in [0.15, 0.2) is 5.58 Å². The zero-order valence-corrected chi connectivity index (χ0v) is 11.0. The molecule has 1 aromatic heterocycles. The topological polar surface area (TPSA) is 55.3 Å². The molecule has 0 atom stereocenters. The summed E-state index contributed by atoms with van der Waals surface area (Å²) >= 11 is 0. The average Bonchev–Trinajstić information content (AvgIpc) is 3.03. The van der Waals surface area contributed by atoms with E-state index in [0.717, 1.165) is 41.3 Å². The zero-order valence-electron chi connectivity index (χ0n) is 11.0. The first kappa shape index (κ1) is 11.3. The first-order valence-electron chi connectivity index (χ1n) is 6.78. The van der Waals surface area contributed by atoms with Gasteiger partial charge in [0.05, 0.1) is 17.9 Å². The molecule has 0 radical (unpaired) electrons. The van der Waals surface area contributed by atoms with Gasteiger partial charge in [0, 0.05) is 6.54 Å². The van der Waals surface area contributed by atoms with Crippen LogP contribution in [-0.4, -0.2) is 11.5 Å². The summed E-state index contributed by atoms with van der Waals surface area (Å²) in [6.45, 7) is 1.62. The van der Waals surface area contributed by atoms with Gasteiger partial charge in [0.2, 0.25) is 5.89 Å². The Labute approximate surface area is 116 Å². The molecule has 0 saturated carbocycles. The van der Waals surface area contributed by atoms with E-state index in [-0.39, 0.29) is 0 Å². The number of hydrogen-bond donors (Lipinski definition) is 1. The molecule has 100 valence electrons. The number of nitrogens with two attached hydrogens (primary N) is 1. The Balaban J connectivity index is 1.68. The second kappa shape index (κ2) is 4.27. The first-order chi connectivity index (χ1) is 9.81. The third-order valence-corrected chi connectivity index (χ3v) is 3.78. The lowest BCUT2D eigenvalue weighted by Crippen LogP contribution is -2.20. The van der Waals surface area contributed by atoms with Crippen molar-refractivity contribution in [3.05, 3.63) is 53.9 Å². The number of aromatic nitrogens is 1. The molecule has 0 aliphatic carbocycles. The highest BCUT2D eigenvalue weighted by molar-refractivity contribution is 5.75. The van der Waals surface area contributed by atoms with Gasteiger partial charge in [-0.25, -0.2) is 4.98 Å². The summed E-state index contributed by atoms with van der Waals surface area (Å²) in [5, 5.41) is 0. The van der Waals surface area contributed by atoms with Gasteiger partial charge in [-0.1, -0.05) is 24.3 Å². The fourth-order valence-corrected chi connectivity index (χ4v) is 2.87. The van der Waals surface area contributed by atoms with Gasteiger partial charge in [-0.15, -0.1) is 0 Å². The van der Waals surface area contributed by atoms with E-state index in [0.29, 0.717) is 6.54 Å². The van der Waals surface area contributed by atoms with Crippen LogP contribution in [0.4, 0.5) is 11.4 Å². The van der Waals surface area contributed by atoms with E-state index >= 15 is 0 Å². The Morgan fingerprint density at radius 2 is 2.05 bits per heavy atom. The fraction of sp³-hybridized carbons (Fsp3) is 0.188. The van der Waals surface area contributed by atoms with Gasteiger partial charge >= 0.3 is 0 Å². The van der Waals surface area contributed by atoms with E-state index in [1.807, 2.05) is 36.4 Å². The minimum atomic E-state index is 0.663. The van der Waals surface area contributed by atoms with Gasteiger partial charge in [0.1, 0.15) is 5.52 Å². The summed E-state index contributed by atoms with van der Waals surface area (Å²) in [5.41, 5.74) is 11.1. The lowest BCUT2D eigenvalue weighted by molar-refractivity contribution is 0.523.